The summed E-state index contributed by atoms with van der Waals surface area (Å²) in [7, 11) is 1.65. The zero-order chi connectivity index (χ0) is 15.0. The first-order valence-corrected chi connectivity index (χ1v) is 7.39. The van der Waals surface area contributed by atoms with Gasteiger partial charge in [0.15, 0.2) is 0 Å². The molecule has 2 fully saturated rings. The van der Waals surface area contributed by atoms with Gasteiger partial charge in [-0.2, -0.15) is 0 Å². The molecule has 1 aliphatic heterocycles. The van der Waals surface area contributed by atoms with Crippen molar-refractivity contribution in [2.45, 2.75) is 18.6 Å². The van der Waals surface area contributed by atoms with Crippen molar-refractivity contribution in [1.29, 1.82) is 0 Å². The monoisotopic (exact) mass is 311 g/mol. The third kappa shape index (κ3) is 2.61. The second kappa shape index (κ2) is 5.83. The molecule has 114 valence electrons. The normalized spacial score (nSPS) is 30.6. The van der Waals surface area contributed by atoms with Crippen LogP contribution in [-0.2, 0) is 9.47 Å². The highest BCUT2D eigenvalue weighted by Gasteiger charge is 2.54. The molecule has 4 atom stereocenters. The van der Waals surface area contributed by atoms with E-state index >= 15 is 0 Å². The van der Waals surface area contributed by atoms with E-state index < -0.39 is 0 Å². The largest absolute Gasteiger partial charge is 0.506 e. The molecular formula is C15H18ClNO4. The van der Waals surface area contributed by atoms with Gasteiger partial charge in [-0.15, -0.1) is 0 Å². The Morgan fingerprint density at radius 2 is 2.38 bits per heavy atom. The maximum absolute atomic E-state index is 12.3. The van der Waals surface area contributed by atoms with E-state index in [-0.39, 0.29) is 34.7 Å². The van der Waals surface area contributed by atoms with Gasteiger partial charge in [0.1, 0.15) is 5.75 Å². The van der Waals surface area contributed by atoms with Crippen molar-refractivity contribution in [3.63, 3.8) is 0 Å². The summed E-state index contributed by atoms with van der Waals surface area (Å²) < 4.78 is 10.9. The van der Waals surface area contributed by atoms with Crippen LogP contribution in [0.5, 0.6) is 5.75 Å². The molecule has 2 N–H and O–H groups in total. The molecule has 2 aliphatic rings. The number of benzene rings is 1. The third-order valence-corrected chi connectivity index (χ3v) is 4.70. The molecule has 0 bridgehead atoms. The lowest BCUT2D eigenvalue weighted by molar-refractivity contribution is -0.0809. The molecule has 0 spiro atoms. The van der Waals surface area contributed by atoms with Gasteiger partial charge in [0.05, 0.1) is 17.7 Å². The minimum Gasteiger partial charge on any atom is -0.506 e. The van der Waals surface area contributed by atoms with Crippen LogP contribution in [0, 0.1) is 11.8 Å². The van der Waals surface area contributed by atoms with Crippen LogP contribution in [0.2, 0.25) is 5.02 Å². The highest BCUT2D eigenvalue weighted by Crippen LogP contribution is 2.43. The first kappa shape index (κ1) is 14.6. The Morgan fingerprint density at radius 3 is 3.10 bits per heavy atom. The predicted molar refractivity (Wildman–Crippen MR) is 77.6 cm³/mol. The van der Waals surface area contributed by atoms with Gasteiger partial charge < -0.3 is 19.9 Å². The number of fused-ring (bicyclic) bond motifs is 1. The summed E-state index contributed by atoms with van der Waals surface area (Å²) in [5.74, 6) is 0.340. The van der Waals surface area contributed by atoms with Gasteiger partial charge in [-0.1, -0.05) is 11.6 Å². The van der Waals surface area contributed by atoms with Crippen molar-refractivity contribution < 1.29 is 19.4 Å². The number of hydrogen-bond acceptors (Lipinski definition) is 4. The topological polar surface area (TPSA) is 67.8 Å². The fourth-order valence-electron chi connectivity index (χ4n) is 3.32. The van der Waals surface area contributed by atoms with Crippen LogP contribution in [-0.4, -0.2) is 43.5 Å². The molecule has 6 heteroatoms. The number of rotatable bonds is 4. The number of carbonyl (C=O) groups excluding carboxylic acids is 1. The van der Waals surface area contributed by atoms with Crippen LogP contribution >= 0.6 is 11.6 Å². The first-order chi connectivity index (χ1) is 10.1. The van der Waals surface area contributed by atoms with Crippen molar-refractivity contribution in [2.75, 3.05) is 20.3 Å². The molecule has 1 aromatic rings. The summed E-state index contributed by atoms with van der Waals surface area (Å²) in [6, 6.07) is 4.52. The summed E-state index contributed by atoms with van der Waals surface area (Å²) in [5, 5.41) is 12.6. The summed E-state index contributed by atoms with van der Waals surface area (Å²) >= 11 is 5.84. The van der Waals surface area contributed by atoms with Crippen molar-refractivity contribution >= 4 is 17.5 Å². The zero-order valence-electron chi connectivity index (χ0n) is 11.7. The SMILES string of the molecule is COC[C@H]1[C@@H](NC(=O)c2ccc(O)c(Cl)c2)[C@H]2CCO[C@H]21. The fraction of sp³-hybridized carbons (Fsp3) is 0.533. The van der Waals surface area contributed by atoms with E-state index in [2.05, 4.69) is 5.32 Å². The molecule has 1 saturated heterocycles. The van der Waals surface area contributed by atoms with E-state index in [4.69, 9.17) is 21.1 Å². The molecule has 1 aliphatic carbocycles. The number of carbonyl (C=O) groups is 1. The van der Waals surface area contributed by atoms with E-state index in [1.807, 2.05) is 0 Å². The fourth-order valence-corrected chi connectivity index (χ4v) is 3.50. The Hall–Kier alpha value is -1.30. The number of hydrogen-bond donors (Lipinski definition) is 2. The summed E-state index contributed by atoms with van der Waals surface area (Å²) in [6.07, 6.45) is 1.16. The molecule has 21 heavy (non-hydrogen) atoms. The Morgan fingerprint density at radius 1 is 1.57 bits per heavy atom. The van der Waals surface area contributed by atoms with Crippen molar-refractivity contribution in [1.82, 2.24) is 5.32 Å². The number of methoxy groups -OCH3 is 1. The minimum absolute atomic E-state index is 0.0293. The molecule has 0 radical (unpaired) electrons. The summed E-state index contributed by atoms with van der Waals surface area (Å²) in [6.45, 7) is 1.31. The third-order valence-electron chi connectivity index (χ3n) is 4.39. The number of phenolic OH excluding ortho intramolecular Hbond substituents is 1. The van der Waals surface area contributed by atoms with Crippen LogP contribution < -0.4 is 5.32 Å². The zero-order valence-corrected chi connectivity index (χ0v) is 12.5. The van der Waals surface area contributed by atoms with Gasteiger partial charge in [0.2, 0.25) is 0 Å². The highest BCUT2D eigenvalue weighted by molar-refractivity contribution is 6.32. The predicted octanol–water partition coefficient (Wildman–Crippen LogP) is 1.83. The molecule has 1 saturated carbocycles. The Labute approximate surface area is 128 Å². The minimum atomic E-state index is -0.187. The van der Waals surface area contributed by atoms with E-state index in [1.54, 1.807) is 13.2 Å². The molecule has 3 rings (SSSR count). The van der Waals surface area contributed by atoms with E-state index in [9.17, 15) is 9.90 Å². The Kier molecular flexibility index (Phi) is 4.06. The number of ether oxygens (including phenoxy) is 2. The smallest absolute Gasteiger partial charge is 0.251 e. The van der Waals surface area contributed by atoms with Crippen LogP contribution in [0.15, 0.2) is 18.2 Å². The van der Waals surface area contributed by atoms with Gasteiger partial charge in [-0.25, -0.2) is 0 Å². The van der Waals surface area contributed by atoms with Gasteiger partial charge in [0.25, 0.3) is 5.91 Å². The standard InChI is InChI=1S/C15H18ClNO4/c1-20-7-10-13(9-4-5-21-14(9)10)17-15(19)8-2-3-12(18)11(16)6-8/h2-3,6,9-10,13-14,18H,4-5,7H2,1H3,(H,17,19)/t9-,10+,13+,14-/m1/s1. The average Bonchev–Trinajstić information content (AvgIpc) is 2.89. The Balaban J connectivity index is 1.70. The van der Waals surface area contributed by atoms with Crippen molar-refractivity contribution in [3.05, 3.63) is 28.8 Å². The molecule has 0 aromatic heterocycles. The highest BCUT2D eigenvalue weighted by atomic mass is 35.5. The number of halogens is 1. The number of phenols is 1. The molecule has 0 unspecified atom stereocenters. The van der Waals surface area contributed by atoms with Crippen LogP contribution in [0.3, 0.4) is 0 Å². The Bertz CT molecular complexity index is 550. The van der Waals surface area contributed by atoms with Crippen LogP contribution in [0.4, 0.5) is 0 Å². The molecule has 1 aromatic carbocycles. The number of aromatic hydroxyl groups is 1. The molecular weight excluding hydrogens is 294 g/mol. The summed E-state index contributed by atoms with van der Waals surface area (Å²) in [4.78, 5) is 12.3. The quantitative estimate of drug-likeness (QED) is 0.890. The molecule has 1 heterocycles. The second-order valence-electron chi connectivity index (χ2n) is 5.57. The van der Waals surface area contributed by atoms with Gasteiger partial charge in [0, 0.05) is 37.2 Å². The maximum atomic E-state index is 12.3. The van der Waals surface area contributed by atoms with Crippen LogP contribution in [0.25, 0.3) is 0 Å². The lowest BCUT2D eigenvalue weighted by Crippen LogP contribution is -2.62. The van der Waals surface area contributed by atoms with E-state index in [0.29, 0.717) is 18.1 Å². The second-order valence-corrected chi connectivity index (χ2v) is 5.98. The molecule has 1 amide bonds. The van der Waals surface area contributed by atoms with Crippen LogP contribution in [0.1, 0.15) is 16.8 Å². The van der Waals surface area contributed by atoms with Gasteiger partial charge >= 0.3 is 0 Å². The first-order valence-electron chi connectivity index (χ1n) is 7.01. The average molecular weight is 312 g/mol. The lowest BCUT2D eigenvalue weighted by atomic mass is 9.67. The summed E-state index contributed by atoms with van der Waals surface area (Å²) in [5.41, 5.74) is 0.441. The van der Waals surface area contributed by atoms with Crippen molar-refractivity contribution in [3.8, 4) is 5.75 Å². The van der Waals surface area contributed by atoms with E-state index in [0.717, 1.165) is 13.0 Å². The van der Waals surface area contributed by atoms with E-state index in [1.165, 1.54) is 12.1 Å². The number of amides is 1. The molecule has 5 nitrogen and oxygen atoms in total. The maximum Gasteiger partial charge on any atom is 0.251 e. The van der Waals surface area contributed by atoms with Gasteiger partial charge in [-0.05, 0) is 24.6 Å². The van der Waals surface area contributed by atoms with Crippen molar-refractivity contribution in [2.24, 2.45) is 11.8 Å². The number of nitrogens with one attached hydrogen (secondary N) is 1. The van der Waals surface area contributed by atoms with Gasteiger partial charge in [-0.3, -0.25) is 4.79 Å². The lowest BCUT2D eigenvalue weighted by Gasteiger charge is -2.47.